The third-order valence-corrected chi connectivity index (χ3v) is 6.07. The molecule has 1 aromatic carbocycles. The molecule has 3 heteroatoms. The Morgan fingerprint density at radius 1 is 1.09 bits per heavy atom. The Morgan fingerprint density at radius 3 is 2.39 bits per heavy atom. The SMILES string of the molecule is Cc1cc(C)c(NC(=O)C2=C[C@H]3[C@@H]4CC[C@@H](C4)[C@H]3C2=O)c(C)c1. The number of carbonyl (C=O) groups is 2. The Morgan fingerprint density at radius 2 is 1.74 bits per heavy atom. The van der Waals surface area contributed by atoms with Gasteiger partial charge in [0.05, 0.1) is 5.57 Å². The second-order valence-corrected chi connectivity index (χ2v) is 7.61. The Hall–Kier alpha value is -1.90. The maximum absolute atomic E-state index is 12.7. The monoisotopic (exact) mass is 309 g/mol. The molecule has 3 nitrogen and oxygen atoms in total. The van der Waals surface area contributed by atoms with Crippen molar-refractivity contribution in [2.45, 2.75) is 40.0 Å². The minimum Gasteiger partial charge on any atom is -0.321 e. The van der Waals surface area contributed by atoms with Crippen molar-refractivity contribution in [1.82, 2.24) is 0 Å². The molecule has 2 saturated carbocycles. The molecule has 0 heterocycles. The summed E-state index contributed by atoms with van der Waals surface area (Å²) in [6.45, 7) is 6.04. The van der Waals surface area contributed by atoms with Crippen LogP contribution >= 0.6 is 0 Å². The van der Waals surface area contributed by atoms with Gasteiger partial charge in [0.2, 0.25) is 0 Å². The van der Waals surface area contributed by atoms with Gasteiger partial charge >= 0.3 is 0 Å². The largest absolute Gasteiger partial charge is 0.321 e. The van der Waals surface area contributed by atoms with Crippen LogP contribution in [0.15, 0.2) is 23.8 Å². The van der Waals surface area contributed by atoms with Crippen LogP contribution in [0.2, 0.25) is 0 Å². The first-order chi connectivity index (χ1) is 11.0. The molecule has 0 aliphatic heterocycles. The van der Waals surface area contributed by atoms with Crippen molar-refractivity contribution in [1.29, 1.82) is 0 Å². The van der Waals surface area contributed by atoms with Gasteiger partial charge in [-0.05, 0) is 68.9 Å². The van der Waals surface area contributed by atoms with Crippen molar-refractivity contribution < 1.29 is 9.59 Å². The maximum atomic E-state index is 12.7. The summed E-state index contributed by atoms with van der Waals surface area (Å²) >= 11 is 0. The number of fused-ring (bicyclic) bond motifs is 5. The highest BCUT2D eigenvalue weighted by Gasteiger charge is 2.54. The van der Waals surface area contributed by atoms with Crippen LogP contribution in [-0.2, 0) is 9.59 Å². The van der Waals surface area contributed by atoms with Crippen molar-refractivity contribution in [2.75, 3.05) is 5.32 Å². The van der Waals surface area contributed by atoms with E-state index in [1.165, 1.54) is 18.4 Å². The zero-order chi connectivity index (χ0) is 16.3. The van der Waals surface area contributed by atoms with Crippen LogP contribution in [0.5, 0.6) is 0 Å². The smallest absolute Gasteiger partial charge is 0.258 e. The average molecular weight is 309 g/mol. The van der Waals surface area contributed by atoms with Crippen LogP contribution in [0.4, 0.5) is 5.69 Å². The first-order valence-corrected chi connectivity index (χ1v) is 8.61. The molecule has 0 spiro atoms. The van der Waals surface area contributed by atoms with Crippen LogP contribution in [0, 0.1) is 44.4 Å². The number of benzene rings is 1. The van der Waals surface area contributed by atoms with Crippen molar-refractivity contribution in [3.8, 4) is 0 Å². The molecule has 1 amide bonds. The van der Waals surface area contributed by atoms with Crippen molar-refractivity contribution in [2.24, 2.45) is 23.7 Å². The number of carbonyl (C=O) groups excluding carboxylic acids is 2. The summed E-state index contributed by atoms with van der Waals surface area (Å²) in [6, 6.07) is 4.12. The number of rotatable bonds is 2. The molecule has 2 fully saturated rings. The number of nitrogens with one attached hydrogen (secondary N) is 1. The summed E-state index contributed by atoms with van der Waals surface area (Å²) in [5.41, 5.74) is 4.51. The predicted molar refractivity (Wildman–Crippen MR) is 90.2 cm³/mol. The van der Waals surface area contributed by atoms with Crippen LogP contribution in [0.25, 0.3) is 0 Å². The fourth-order valence-corrected chi connectivity index (χ4v) is 5.16. The molecule has 0 radical (unpaired) electrons. The molecule has 4 rings (SSSR count). The number of allylic oxidation sites excluding steroid dienone is 1. The van der Waals surface area contributed by atoms with Crippen LogP contribution in [0.1, 0.15) is 36.0 Å². The van der Waals surface area contributed by atoms with Gasteiger partial charge in [0, 0.05) is 11.6 Å². The highest BCUT2D eigenvalue weighted by Crippen LogP contribution is 2.56. The first kappa shape index (κ1) is 14.7. The van der Waals surface area contributed by atoms with Crippen molar-refractivity contribution >= 4 is 17.4 Å². The highest BCUT2D eigenvalue weighted by molar-refractivity contribution is 6.25. The third-order valence-electron chi connectivity index (χ3n) is 6.07. The predicted octanol–water partition coefficient (Wildman–Crippen LogP) is 3.72. The van der Waals surface area contributed by atoms with Gasteiger partial charge in [0.25, 0.3) is 5.91 Å². The van der Waals surface area contributed by atoms with E-state index in [-0.39, 0.29) is 17.6 Å². The van der Waals surface area contributed by atoms with E-state index in [9.17, 15) is 9.59 Å². The Bertz CT molecular complexity index is 723. The number of hydrogen-bond acceptors (Lipinski definition) is 2. The van der Waals surface area contributed by atoms with Crippen LogP contribution < -0.4 is 5.32 Å². The molecule has 3 aliphatic rings. The van der Waals surface area contributed by atoms with Gasteiger partial charge in [0.15, 0.2) is 5.78 Å². The van der Waals surface area contributed by atoms with E-state index in [1.807, 2.05) is 26.8 Å². The molecule has 0 aromatic heterocycles. The summed E-state index contributed by atoms with van der Waals surface area (Å²) in [7, 11) is 0. The number of ketones is 1. The molecule has 1 N–H and O–H groups in total. The number of hydrogen-bond donors (Lipinski definition) is 1. The molecule has 0 unspecified atom stereocenters. The van der Waals surface area contributed by atoms with E-state index in [0.717, 1.165) is 23.2 Å². The summed E-state index contributed by atoms with van der Waals surface area (Å²) in [5.74, 6) is 1.42. The molecule has 120 valence electrons. The third kappa shape index (κ3) is 2.17. The van der Waals surface area contributed by atoms with Crippen LogP contribution in [0.3, 0.4) is 0 Å². The quantitative estimate of drug-likeness (QED) is 0.846. The van der Waals surface area contributed by atoms with Gasteiger partial charge in [-0.25, -0.2) is 0 Å². The lowest BCUT2D eigenvalue weighted by molar-refractivity contribution is -0.123. The summed E-state index contributed by atoms with van der Waals surface area (Å²) in [6.07, 6.45) is 5.55. The summed E-state index contributed by atoms with van der Waals surface area (Å²) in [5, 5.41) is 2.99. The second-order valence-electron chi connectivity index (χ2n) is 7.61. The topological polar surface area (TPSA) is 46.2 Å². The lowest BCUT2D eigenvalue weighted by Crippen LogP contribution is -2.27. The lowest BCUT2D eigenvalue weighted by atomic mass is 9.81. The normalized spacial score (nSPS) is 31.3. The van der Waals surface area contributed by atoms with Gasteiger partial charge in [-0.2, -0.15) is 0 Å². The Balaban J connectivity index is 1.59. The molecule has 4 atom stereocenters. The second kappa shape index (κ2) is 5.05. The Labute approximate surface area is 137 Å². The maximum Gasteiger partial charge on any atom is 0.258 e. The molecule has 23 heavy (non-hydrogen) atoms. The average Bonchev–Trinajstić information content (AvgIpc) is 3.15. The van der Waals surface area contributed by atoms with Gasteiger partial charge in [-0.3, -0.25) is 9.59 Å². The van der Waals surface area contributed by atoms with E-state index in [1.54, 1.807) is 0 Å². The van der Waals surface area contributed by atoms with E-state index >= 15 is 0 Å². The molecule has 2 bridgehead atoms. The minimum absolute atomic E-state index is 0.0853. The van der Waals surface area contributed by atoms with Crippen LogP contribution in [-0.4, -0.2) is 11.7 Å². The molecule has 3 aliphatic carbocycles. The number of aryl methyl sites for hydroxylation is 3. The zero-order valence-corrected chi connectivity index (χ0v) is 14.0. The molecule has 0 saturated heterocycles. The first-order valence-electron chi connectivity index (χ1n) is 8.61. The standard InChI is InChI=1S/C20H23NO2/c1-10-6-11(2)18(12(3)7-10)21-20(23)16-9-15-13-4-5-14(8-13)17(15)19(16)22/h6-7,9,13-15,17H,4-5,8H2,1-3H3,(H,21,23)/t13-,14+,15+,17-/m1/s1. The lowest BCUT2D eigenvalue weighted by Gasteiger charge is -2.22. The van der Waals surface area contributed by atoms with Crippen molar-refractivity contribution in [3.63, 3.8) is 0 Å². The number of amides is 1. The Kier molecular flexibility index (Phi) is 3.22. The summed E-state index contributed by atoms with van der Waals surface area (Å²) < 4.78 is 0. The van der Waals surface area contributed by atoms with Gasteiger partial charge in [-0.1, -0.05) is 23.8 Å². The van der Waals surface area contributed by atoms with Gasteiger partial charge < -0.3 is 5.32 Å². The zero-order valence-electron chi connectivity index (χ0n) is 14.0. The van der Waals surface area contributed by atoms with Gasteiger partial charge in [-0.15, -0.1) is 0 Å². The number of anilines is 1. The molecular formula is C20H23NO2. The fraction of sp³-hybridized carbons (Fsp3) is 0.500. The highest BCUT2D eigenvalue weighted by atomic mass is 16.2. The van der Waals surface area contributed by atoms with E-state index in [2.05, 4.69) is 17.4 Å². The molecular weight excluding hydrogens is 286 g/mol. The minimum atomic E-state index is -0.223. The number of Topliss-reactive ketones (excluding diaryl/α,β-unsaturated/α-hetero) is 1. The fourth-order valence-electron chi connectivity index (χ4n) is 5.16. The van der Waals surface area contributed by atoms with E-state index in [0.29, 0.717) is 23.3 Å². The van der Waals surface area contributed by atoms with E-state index < -0.39 is 0 Å². The van der Waals surface area contributed by atoms with Crippen molar-refractivity contribution in [3.05, 3.63) is 40.5 Å². The van der Waals surface area contributed by atoms with E-state index in [4.69, 9.17) is 0 Å². The summed E-state index contributed by atoms with van der Waals surface area (Å²) in [4.78, 5) is 25.4. The molecule has 1 aromatic rings. The van der Waals surface area contributed by atoms with Gasteiger partial charge in [0.1, 0.15) is 0 Å².